The van der Waals surface area contributed by atoms with Crippen molar-refractivity contribution < 1.29 is 14.3 Å². The fourth-order valence-corrected chi connectivity index (χ4v) is 2.44. The average Bonchev–Trinajstić information content (AvgIpc) is 2.55. The van der Waals surface area contributed by atoms with E-state index >= 15 is 0 Å². The second-order valence-corrected chi connectivity index (χ2v) is 5.52. The van der Waals surface area contributed by atoms with Gasteiger partial charge in [-0.15, -0.1) is 0 Å². The lowest BCUT2D eigenvalue weighted by Crippen LogP contribution is -2.50. The van der Waals surface area contributed by atoms with Crippen molar-refractivity contribution in [1.29, 1.82) is 0 Å². The van der Waals surface area contributed by atoms with Crippen LogP contribution < -0.4 is 4.74 Å². The van der Waals surface area contributed by atoms with Crippen LogP contribution in [0.4, 0.5) is 0 Å². The van der Waals surface area contributed by atoms with E-state index in [2.05, 4.69) is 6.92 Å². The molecule has 0 spiro atoms. The standard InChI is InChI=1S/C17H24N2O3/c1-3-4-13-22-16-7-5-15(6-8-16)17(21)19-11-9-18(10-12-19)14(2)20/h5-8H,3-4,9-13H2,1-2H3. The van der Waals surface area contributed by atoms with Crippen molar-refractivity contribution in [3.63, 3.8) is 0 Å². The zero-order valence-corrected chi connectivity index (χ0v) is 13.4. The number of ether oxygens (including phenoxy) is 1. The van der Waals surface area contributed by atoms with Gasteiger partial charge in [-0.2, -0.15) is 0 Å². The molecule has 5 heteroatoms. The zero-order valence-electron chi connectivity index (χ0n) is 13.4. The summed E-state index contributed by atoms with van der Waals surface area (Å²) in [5, 5.41) is 0. The Morgan fingerprint density at radius 3 is 2.18 bits per heavy atom. The third-order valence-electron chi connectivity index (χ3n) is 3.88. The van der Waals surface area contributed by atoms with E-state index in [1.807, 2.05) is 12.1 Å². The zero-order chi connectivity index (χ0) is 15.9. The first-order valence-corrected chi connectivity index (χ1v) is 7.89. The number of hydrogen-bond donors (Lipinski definition) is 0. The summed E-state index contributed by atoms with van der Waals surface area (Å²) in [6.07, 6.45) is 2.13. The lowest BCUT2D eigenvalue weighted by Gasteiger charge is -2.34. The summed E-state index contributed by atoms with van der Waals surface area (Å²) in [7, 11) is 0. The van der Waals surface area contributed by atoms with Crippen LogP contribution in [0.1, 0.15) is 37.0 Å². The highest BCUT2D eigenvalue weighted by Crippen LogP contribution is 2.15. The maximum Gasteiger partial charge on any atom is 0.253 e. The first-order chi connectivity index (χ1) is 10.6. The van der Waals surface area contributed by atoms with Crippen LogP contribution in [0.2, 0.25) is 0 Å². The van der Waals surface area contributed by atoms with E-state index in [-0.39, 0.29) is 11.8 Å². The Morgan fingerprint density at radius 1 is 1.05 bits per heavy atom. The van der Waals surface area contributed by atoms with Crippen LogP contribution >= 0.6 is 0 Å². The van der Waals surface area contributed by atoms with Gasteiger partial charge in [-0.25, -0.2) is 0 Å². The number of carbonyl (C=O) groups is 2. The van der Waals surface area contributed by atoms with E-state index in [4.69, 9.17) is 4.74 Å². The molecule has 0 unspecified atom stereocenters. The van der Waals surface area contributed by atoms with Crippen LogP contribution in [0.3, 0.4) is 0 Å². The summed E-state index contributed by atoms with van der Waals surface area (Å²) >= 11 is 0. The molecule has 0 atom stereocenters. The number of benzene rings is 1. The summed E-state index contributed by atoms with van der Waals surface area (Å²) in [6, 6.07) is 7.30. The number of carbonyl (C=O) groups excluding carboxylic acids is 2. The third kappa shape index (κ3) is 4.23. The molecule has 1 fully saturated rings. The number of piperazine rings is 1. The van der Waals surface area contributed by atoms with E-state index in [1.165, 1.54) is 0 Å². The van der Waals surface area contributed by atoms with Gasteiger partial charge in [-0.3, -0.25) is 9.59 Å². The van der Waals surface area contributed by atoms with Crippen molar-refractivity contribution in [3.05, 3.63) is 29.8 Å². The number of amides is 2. The van der Waals surface area contributed by atoms with Crippen LogP contribution in [0.5, 0.6) is 5.75 Å². The Kier molecular flexibility index (Phi) is 5.81. The van der Waals surface area contributed by atoms with E-state index in [0.717, 1.165) is 18.6 Å². The van der Waals surface area contributed by atoms with Gasteiger partial charge in [0.2, 0.25) is 5.91 Å². The molecule has 0 N–H and O–H groups in total. The summed E-state index contributed by atoms with van der Waals surface area (Å²) in [5.41, 5.74) is 0.666. The minimum absolute atomic E-state index is 0.0170. The maximum absolute atomic E-state index is 12.4. The number of unbranched alkanes of at least 4 members (excludes halogenated alkanes) is 1. The maximum atomic E-state index is 12.4. The molecule has 1 aliphatic rings. The van der Waals surface area contributed by atoms with Crippen LogP contribution in [0, 0.1) is 0 Å². The number of rotatable bonds is 5. The molecule has 0 saturated carbocycles. The Bertz CT molecular complexity index is 505. The topological polar surface area (TPSA) is 49.9 Å². The fourth-order valence-electron chi connectivity index (χ4n) is 2.44. The van der Waals surface area contributed by atoms with Crippen LogP contribution in [0.15, 0.2) is 24.3 Å². The van der Waals surface area contributed by atoms with Gasteiger partial charge >= 0.3 is 0 Å². The van der Waals surface area contributed by atoms with E-state index in [0.29, 0.717) is 38.3 Å². The molecule has 5 nitrogen and oxygen atoms in total. The Hall–Kier alpha value is -2.04. The van der Waals surface area contributed by atoms with Gasteiger partial charge in [0.05, 0.1) is 6.61 Å². The normalized spacial score (nSPS) is 14.8. The first-order valence-electron chi connectivity index (χ1n) is 7.89. The fraction of sp³-hybridized carbons (Fsp3) is 0.529. The van der Waals surface area contributed by atoms with Gasteiger partial charge < -0.3 is 14.5 Å². The number of hydrogen-bond acceptors (Lipinski definition) is 3. The minimum atomic E-state index is 0.0170. The highest BCUT2D eigenvalue weighted by molar-refractivity contribution is 5.94. The lowest BCUT2D eigenvalue weighted by molar-refractivity contribution is -0.130. The van der Waals surface area contributed by atoms with Crippen LogP contribution in [-0.4, -0.2) is 54.4 Å². The highest BCUT2D eigenvalue weighted by Gasteiger charge is 2.23. The van der Waals surface area contributed by atoms with Crippen molar-refractivity contribution >= 4 is 11.8 Å². The average molecular weight is 304 g/mol. The molecule has 2 rings (SSSR count). The minimum Gasteiger partial charge on any atom is -0.494 e. The van der Waals surface area contributed by atoms with E-state index in [1.54, 1.807) is 28.9 Å². The predicted molar refractivity (Wildman–Crippen MR) is 85.0 cm³/mol. The molecular formula is C17H24N2O3. The smallest absolute Gasteiger partial charge is 0.253 e. The molecule has 0 aromatic heterocycles. The summed E-state index contributed by atoms with van der Waals surface area (Å²) in [6.45, 7) is 6.79. The molecule has 1 aliphatic heterocycles. The van der Waals surface area contributed by atoms with E-state index < -0.39 is 0 Å². The molecule has 1 aromatic carbocycles. The molecule has 120 valence electrons. The van der Waals surface area contributed by atoms with Crippen molar-refractivity contribution in [3.8, 4) is 5.75 Å². The second kappa shape index (κ2) is 7.82. The summed E-state index contributed by atoms with van der Waals surface area (Å²) < 4.78 is 5.60. The molecule has 0 bridgehead atoms. The van der Waals surface area contributed by atoms with Gasteiger partial charge in [-0.05, 0) is 30.7 Å². The first kappa shape index (κ1) is 16.3. The predicted octanol–water partition coefficient (Wildman–Crippen LogP) is 2.17. The van der Waals surface area contributed by atoms with Gasteiger partial charge in [0.1, 0.15) is 5.75 Å². The van der Waals surface area contributed by atoms with Crippen LogP contribution in [-0.2, 0) is 4.79 Å². The monoisotopic (exact) mass is 304 g/mol. The molecule has 1 heterocycles. The summed E-state index contributed by atoms with van der Waals surface area (Å²) in [4.78, 5) is 27.3. The van der Waals surface area contributed by atoms with E-state index in [9.17, 15) is 9.59 Å². The van der Waals surface area contributed by atoms with Crippen molar-refractivity contribution in [1.82, 2.24) is 9.80 Å². The third-order valence-corrected chi connectivity index (χ3v) is 3.88. The van der Waals surface area contributed by atoms with Crippen molar-refractivity contribution in [2.24, 2.45) is 0 Å². The molecule has 2 amide bonds. The molecule has 1 saturated heterocycles. The van der Waals surface area contributed by atoms with Gasteiger partial charge in [-0.1, -0.05) is 13.3 Å². The Labute approximate surface area is 131 Å². The van der Waals surface area contributed by atoms with Gasteiger partial charge in [0, 0.05) is 38.7 Å². The molecule has 0 radical (unpaired) electrons. The molecule has 1 aromatic rings. The lowest BCUT2D eigenvalue weighted by atomic mass is 10.1. The molecule has 0 aliphatic carbocycles. The SMILES string of the molecule is CCCCOc1ccc(C(=O)N2CCN(C(C)=O)CC2)cc1. The quantitative estimate of drug-likeness (QED) is 0.783. The van der Waals surface area contributed by atoms with Gasteiger partial charge in [0.25, 0.3) is 5.91 Å². The Morgan fingerprint density at radius 2 is 1.64 bits per heavy atom. The number of nitrogens with zero attached hydrogens (tertiary/aromatic N) is 2. The largest absolute Gasteiger partial charge is 0.494 e. The van der Waals surface area contributed by atoms with Crippen molar-refractivity contribution in [2.75, 3.05) is 32.8 Å². The van der Waals surface area contributed by atoms with Crippen molar-refractivity contribution in [2.45, 2.75) is 26.7 Å². The summed E-state index contributed by atoms with van der Waals surface area (Å²) in [5.74, 6) is 0.885. The molecule has 22 heavy (non-hydrogen) atoms. The Balaban J connectivity index is 1.89. The highest BCUT2D eigenvalue weighted by atomic mass is 16.5. The van der Waals surface area contributed by atoms with Crippen LogP contribution in [0.25, 0.3) is 0 Å². The van der Waals surface area contributed by atoms with Gasteiger partial charge in [0.15, 0.2) is 0 Å². The molecular weight excluding hydrogens is 280 g/mol. The second-order valence-electron chi connectivity index (χ2n) is 5.52.